The van der Waals surface area contributed by atoms with E-state index >= 15 is 0 Å². The number of para-hydroxylation sites is 1. The molecule has 3 aromatic rings. The van der Waals surface area contributed by atoms with Gasteiger partial charge in [0.25, 0.3) is 5.91 Å². The Morgan fingerprint density at radius 2 is 1.92 bits per heavy atom. The van der Waals surface area contributed by atoms with E-state index in [0.29, 0.717) is 12.1 Å². The minimum Gasteiger partial charge on any atom is -0.331 e. The van der Waals surface area contributed by atoms with Crippen molar-refractivity contribution in [3.8, 4) is 5.69 Å². The van der Waals surface area contributed by atoms with Crippen LogP contribution in [-0.4, -0.2) is 32.1 Å². The van der Waals surface area contributed by atoms with E-state index in [9.17, 15) is 9.18 Å². The molecule has 0 saturated heterocycles. The maximum Gasteiger partial charge on any atom is 0.256 e. The number of fused-ring (bicyclic) bond motifs is 1. The van der Waals surface area contributed by atoms with Crippen molar-refractivity contribution in [1.82, 2.24) is 19.7 Å². The summed E-state index contributed by atoms with van der Waals surface area (Å²) in [6.07, 6.45) is 3.85. The fourth-order valence-corrected chi connectivity index (χ4v) is 3.42. The first-order valence-corrected chi connectivity index (χ1v) is 8.18. The van der Waals surface area contributed by atoms with Gasteiger partial charge in [-0.1, -0.05) is 18.2 Å². The predicted octanol–water partition coefficient (Wildman–Crippen LogP) is 3.17. The van der Waals surface area contributed by atoms with Crippen molar-refractivity contribution in [3.05, 3.63) is 77.6 Å². The Labute approximate surface area is 144 Å². The molecule has 126 valence electrons. The van der Waals surface area contributed by atoms with Crippen LogP contribution < -0.4 is 0 Å². The monoisotopic (exact) mass is 336 g/mol. The summed E-state index contributed by atoms with van der Waals surface area (Å²) in [5, 5.41) is 7.62. The fraction of sp³-hybridized carbons (Fsp3) is 0.211. The molecule has 1 amide bonds. The van der Waals surface area contributed by atoms with Crippen LogP contribution in [0, 0.1) is 5.82 Å². The number of rotatable bonds is 2. The number of aromatic nitrogens is 3. The van der Waals surface area contributed by atoms with Crippen molar-refractivity contribution in [2.75, 3.05) is 6.54 Å². The topological polar surface area (TPSA) is 51.0 Å². The third kappa shape index (κ3) is 2.69. The third-order valence-electron chi connectivity index (χ3n) is 4.74. The van der Waals surface area contributed by atoms with Gasteiger partial charge in [0.1, 0.15) is 18.5 Å². The molecule has 5 nitrogen and oxygen atoms in total. The Morgan fingerprint density at radius 1 is 1.16 bits per heavy atom. The molecule has 0 radical (unpaired) electrons. The van der Waals surface area contributed by atoms with Gasteiger partial charge in [-0.3, -0.25) is 9.36 Å². The van der Waals surface area contributed by atoms with Crippen molar-refractivity contribution >= 4 is 5.91 Å². The molecule has 2 aromatic carbocycles. The lowest BCUT2D eigenvalue weighted by Crippen LogP contribution is -2.39. The van der Waals surface area contributed by atoms with E-state index in [0.717, 1.165) is 23.2 Å². The summed E-state index contributed by atoms with van der Waals surface area (Å²) in [6.45, 7) is 2.55. The molecule has 0 aliphatic carbocycles. The van der Waals surface area contributed by atoms with Gasteiger partial charge < -0.3 is 4.90 Å². The summed E-state index contributed by atoms with van der Waals surface area (Å²) in [6, 6.07) is 12.0. The second kappa shape index (κ2) is 6.12. The van der Waals surface area contributed by atoms with Crippen LogP contribution in [0.25, 0.3) is 5.69 Å². The molecule has 0 N–H and O–H groups in total. The summed E-state index contributed by atoms with van der Waals surface area (Å²) in [7, 11) is 0. The van der Waals surface area contributed by atoms with Gasteiger partial charge >= 0.3 is 0 Å². The standard InChI is InChI=1S/C19H17FN4O/c1-13-17-10-15(20)7-6-14(17)8-9-24(13)19(25)16-4-2-3-5-18(16)23-11-21-22-12-23/h2-7,10-13H,8-9H2,1H3/t13-/m1/s1. The zero-order valence-corrected chi connectivity index (χ0v) is 13.8. The first kappa shape index (κ1) is 15.5. The van der Waals surface area contributed by atoms with Crippen LogP contribution in [0.1, 0.15) is 34.5 Å². The van der Waals surface area contributed by atoms with Crippen LogP contribution in [0.4, 0.5) is 4.39 Å². The molecule has 25 heavy (non-hydrogen) atoms. The van der Waals surface area contributed by atoms with E-state index in [4.69, 9.17) is 0 Å². The Hall–Kier alpha value is -3.02. The quantitative estimate of drug-likeness (QED) is 0.722. The maximum atomic E-state index is 13.6. The lowest BCUT2D eigenvalue weighted by atomic mass is 9.92. The van der Waals surface area contributed by atoms with Crippen molar-refractivity contribution in [2.45, 2.75) is 19.4 Å². The maximum absolute atomic E-state index is 13.6. The zero-order valence-electron chi connectivity index (χ0n) is 13.8. The molecule has 6 heteroatoms. The molecule has 0 bridgehead atoms. The number of nitrogens with zero attached hydrogens (tertiary/aromatic N) is 4. The molecule has 1 aliphatic heterocycles. The average molecular weight is 336 g/mol. The highest BCUT2D eigenvalue weighted by Gasteiger charge is 2.29. The Bertz CT molecular complexity index is 923. The first-order chi connectivity index (χ1) is 12.1. The van der Waals surface area contributed by atoms with Gasteiger partial charge in [0.15, 0.2) is 0 Å². The van der Waals surface area contributed by atoms with Gasteiger partial charge in [-0.2, -0.15) is 0 Å². The molecule has 1 aliphatic rings. The van der Waals surface area contributed by atoms with Gasteiger partial charge in [-0.15, -0.1) is 10.2 Å². The van der Waals surface area contributed by atoms with Gasteiger partial charge in [-0.25, -0.2) is 4.39 Å². The highest BCUT2D eigenvalue weighted by atomic mass is 19.1. The number of carbonyl (C=O) groups excluding carboxylic acids is 1. The van der Waals surface area contributed by atoms with Crippen LogP contribution in [0.5, 0.6) is 0 Å². The minimum atomic E-state index is -0.273. The molecular weight excluding hydrogens is 319 g/mol. The third-order valence-corrected chi connectivity index (χ3v) is 4.74. The van der Waals surface area contributed by atoms with Crippen LogP contribution in [0.2, 0.25) is 0 Å². The Kier molecular flexibility index (Phi) is 3.80. The number of halogens is 1. The van der Waals surface area contributed by atoms with Crippen LogP contribution in [0.15, 0.2) is 55.1 Å². The predicted molar refractivity (Wildman–Crippen MR) is 90.9 cm³/mol. The molecule has 0 unspecified atom stereocenters. The molecular formula is C19H17FN4O. The summed E-state index contributed by atoms with van der Waals surface area (Å²) in [5.74, 6) is -0.350. The second-order valence-electron chi connectivity index (χ2n) is 6.15. The average Bonchev–Trinajstić information content (AvgIpc) is 3.16. The lowest BCUT2D eigenvalue weighted by Gasteiger charge is -2.35. The molecule has 0 spiro atoms. The number of amides is 1. The van der Waals surface area contributed by atoms with Crippen LogP contribution in [0.3, 0.4) is 0 Å². The number of carbonyl (C=O) groups is 1. The molecule has 0 fully saturated rings. The largest absolute Gasteiger partial charge is 0.331 e. The van der Waals surface area contributed by atoms with E-state index in [1.165, 1.54) is 12.1 Å². The SMILES string of the molecule is C[C@@H]1c2cc(F)ccc2CCN1C(=O)c1ccccc1-n1cnnc1. The molecule has 2 heterocycles. The normalized spacial score (nSPS) is 16.6. The summed E-state index contributed by atoms with van der Waals surface area (Å²) < 4.78 is 15.4. The minimum absolute atomic E-state index is 0.0771. The van der Waals surface area contributed by atoms with Gasteiger partial charge in [-0.05, 0) is 48.7 Å². The molecule has 4 rings (SSSR count). The number of benzene rings is 2. The lowest BCUT2D eigenvalue weighted by molar-refractivity contribution is 0.0677. The zero-order chi connectivity index (χ0) is 17.4. The van der Waals surface area contributed by atoms with E-state index < -0.39 is 0 Å². The Morgan fingerprint density at radius 3 is 2.72 bits per heavy atom. The van der Waals surface area contributed by atoms with Crippen molar-refractivity contribution in [2.24, 2.45) is 0 Å². The van der Waals surface area contributed by atoms with Crippen molar-refractivity contribution in [3.63, 3.8) is 0 Å². The van der Waals surface area contributed by atoms with E-state index in [-0.39, 0.29) is 17.8 Å². The summed E-state index contributed by atoms with van der Waals surface area (Å²) in [4.78, 5) is 15.0. The van der Waals surface area contributed by atoms with E-state index in [1.54, 1.807) is 28.2 Å². The first-order valence-electron chi connectivity index (χ1n) is 8.18. The molecule has 1 aromatic heterocycles. The van der Waals surface area contributed by atoms with Gasteiger partial charge in [0.05, 0.1) is 17.3 Å². The smallest absolute Gasteiger partial charge is 0.256 e. The van der Waals surface area contributed by atoms with Gasteiger partial charge in [0, 0.05) is 6.54 Å². The van der Waals surface area contributed by atoms with Crippen LogP contribution >= 0.6 is 0 Å². The number of hydrogen-bond acceptors (Lipinski definition) is 3. The van der Waals surface area contributed by atoms with Crippen LogP contribution in [-0.2, 0) is 6.42 Å². The highest BCUT2D eigenvalue weighted by Crippen LogP contribution is 2.31. The molecule has 1 atom stereocenters. The number of hydrogen-bond donors (Lipinski definition) is 0. The van der Waals surface area contributed by atoms with Crippen molar-refractivity contribution < 1.29 is 9.18 Å². The van der Waals surface area contributed by atoms with E-state index in [1.807, 2.05) is 31.2 Å². The fourth-order valence-electron chi connectivity index (χ4n) is 3.42. The van der Waals surface area contributed by atoms with Crippen molar-refractivity contribution in [1.29, 1.82) is 0 Å². The Balaban J connectivity index is 1.71. The van der Waals surface area contributed by atoms with E-state index in [2.05, 4.69) is 10.2 Å². The van der Waals surface area contributed by atoms with Gasteiger partial charge in [0.2, 0.25) is 0 Å². The summed E-state index contributed by atoms with van der Waals surface area (Å²) >= 11 is 0. The highest BCUT2D eigenvalue weighted by molar-refractivity contribution is 5.98. The second-order valence-corrected chi connectivity index (χ2v) is 6.15. The summed E-state index contributed by atoms with van der Waals surface area (Å²) in [5.41, 5.74) is 3.29. The molecule has 0 saturated carbocycles.